The van der Waals surface area contributed by atoms with Gasteiger partial charge in [-0.1, -0.05) is 55.4 Å². The van der Waals surface area contributed by atoms with E-state index in [9.17, 15) is 5.11 Å². The molecule has 0 unspecified atom stereocenters. The number of aliphatic hydroxyl groups excluding tert-OH is 1. The summed E-state index contributed by atoms with van der Waals surface area (Å²) in [5.41, 5.74) is 19.1. The fraction of sp³-hybridized carbons (Fsp3) is 0.421. The largest absolute Gasteiger partial charge is 0.514 e. The van der Waals surface area contributed by atoms with Crippen LogP contribution in [0.3, 0.4) is 0 Å². The number of aliphatic hydroxyl groups is 1. The smallest absolute Gasteiger partial charge is 0.113 e. The fourth-order valence-corrected chi connectivity index (χ4v) is 7.49. The van der Waals surface area contributed by atoms with E-state index in [4.69, 9.17) is 9.98 Å². The molecule has 4 N–H and O–H groups in total. The van der Waals surface area contributed by atoms with Crippen LogP contribution in [-0.4, -0.2) is 25.0 Å². The van der Waals surface area contributed by atoms with Crippen molar-refractivity contribution in [3.05, 3.63) is 80.8 Å². The Hall–Kier alpha value is -4.06. The molecule has 6 nitrogen and oxygen atoms in total. The lowest BCUT2D eigenvalue weighted by Gasteiger charge is -2.04. The van der Waals surface area contributed by atoms with Crippen molar-refractivity contribution < 1.29 is 5.11 Å². The van der Waals surface area contributed by atoms with Crippen molar-refractivity contribution >= 4 is 44.2 Å². The van der Waals surface area contributed by atoms with Gasteiger partial charge in [0.2, 0.25) is 0 Å². The molecular weight excluding hydrogens is 542 g/mol. The average Bonchev–Trinajstić information content (AvgIpc) is 3.76. The standard InChI is InChI=1S/C38H49N5O/c1-9-22-24(11-3)32-20-34-26(13-5)28(15-7)36(42-34)38(39-17-18-44)37-29(16-8)27(14-6)35(43-37)21-33-25(12-4)23(10-2)31(41-33)19-30(22)40-32/h17-21,40-42,44H,9-16H2,1-8H3. The van der Waals surface area contributed by atoms with E-state index in [0.29, 0.717) is 0 Å². The Labute approximate surface area is 261 Å². The first-order valence-corrected chi connectivity index (χ1v) is 16.7. The summed E-state index contributed by atoms with van der Waals surface area (Å²) in [6.45, 7) is 17.9. The molecule has 0 atom stereocenters. The number of aromatic amines is 3. The van der Waals surface area contributed by atoms with E-state index in [2.05, 4.69) is 88.5 Å². The van der Waals surface area contributed by atoms with Gasteiger partial charge in [0.25, 0.3) is 0 Å². The van der Waals surface area contributed by atoms with Gasteiger partial charge >= 0.3 is 0 Å². The van der Waals surface area contributed by atoms with Crippen LogP contribution in [0.25, 0.3) is 44.2 Å². The van der Waals surface area contributed by atoms with Gasteiger partial charge in [0.05, 0.1) is 29.4 Å². The van der Waals surface area contributed by atoms with Crippen LogP contribution >= 0.6 is 0 Å². The summed E-state index contributed by atoms with van der Waals surface area (Å²) in [6, 6.07) is 6.89. The molecule has 0 amide bonds. The Balaban J connectivity index is 2.16. The summed E-state index contributed by atoms with van der Waals surface area (Å²) >= 11 is 0. The number of allylic oxidation sites excluding steroid dienone is 2. The second kappa shape index (κ2) is 13.3. The molecule has 0 saturated heterocycles. The summed E-state index contributed by atoms with van der Waals surface area (Å²) in [7, 11) is 0. The Morgan fingerprint density at radius 3 is 1.43 bits per heavy atom. The molecule has 4 aromatic rings. The van der Waals surface area contributed by atoms with Gasteiger partial charge in [-0.25, -0.2) is 9.98 Å². The minimum absolute atomic E-state index is 0.780. The molecular formula is C38H49N5O. The molecule has 44 heavy (non-hydrogen) atoms. The maximum atomic E-state index is 9.72. The van der Waals surface area contributed by atoms with E-state index < -0.39 is 0 Å². The second-order valence-electron chi connectivity index (χ2n) is 11.5. The predicted octanol–water partition coefficient (Wildman–Crippen LogP) is 9.56. The van der Waals surface area contributed by atoms with E-state index in [1.165, 1.54) is 61.8 Å². The maximum absolute atomic E-state index is 9.72. The monoisotopic (exact) mass is 591 g/mol. The van der Waals surface area contributed by atoms with Crippen molar-refractivity contribution in [1.29, 1.82) is 0 Å². The number of rotatable bonds is 9. The summed E-state index contributed by atoms with van der Waals surface area (Å²) in [5, 5.41) is 10.5. The minimum atomic E-state index is 0.780. The number of hydrogen-bond donors (Lipinski definition) is 4. The Bertz CT molecular complexity index is 1960. The van der Waals surface area contributed by atoms with Crippen LogP contribution in [-0.2, 0) is 38.5 Å². The number of nitrogens with zero attached hydrogens (tertiary/aromatic N) is 2. The lowest BCUT2D eigenvalue weighted by atomic mass is 9.99. The van der Waals surface area contributed by atoms with E-state index in [1.807, 2.05) is 0 Å². The van der Waals surface area contributed by atoms with Gasteiger partial charge in [-0.2, -0.15) is 0 Å². The highest BCUT2D eigenvalue weighted by Gasteiger charge is 2.22. The number of aryl methyl sites for hydroxylation is 6. The van der Waals surface area contributed by atoms with E-state index in [-0.39, 0.29) is 0 Å². The summed E-state index contributed by atoms with van der Waals surface area (Å²) < 4.78 is 0. The highest BCUT2D eigenvalue weighted by molar-refractivity contribution is 5.94. The highest BCUT2D eigenvalue weighted by Crippen LogP contribution is 2.35. The summed E-state index contributed by atoms with van der Waals surface area (Å²) in [6.07, 6.45) is 9.77. The molecule has 232 valence electrons. The van der Waals surface area contributed by atoms with Gasteiger partial charge < -0.3 is 20.1 Å². The molecule has 1 aliphatic rings. The Kier molecular flexibility index (Phi) is 9.48. The van der Waals surface area contributed by atoms with Crippen molar-refractivity contribution in [2.75, 3.05) is 0 Å². The molecule has 0 aliphatic carbocycles. The van der Waals surface area contributed by atoms with Gasteiger partial charge in [-0.15, -0.1) is 0 Å². The first kappa shape index (κ1) is 31.4. The number of fused-ring (bicyclic) bond motifs is 8. The maximum Gasteiger partial charge on any atom is 0.113 e. The molecule has 0 spiro atoms. The van der Waals surface area contributed by atoms with Crippen LogP contribution in [0.5, 0.6) is 0 Å². The van der Waals surface area contributed by atoms with E-state index in [0.717, 1.165) is 96.4 Å². The zero-order chi connectivity index (χ0) is 31.5. The third-order valence-electron chi connectivity index (χ3n) is 9.43. The molecule has 5 heterocycles. The summed E-state index contributed by atoms with van der Waals surface area (Å²) in [4.78, 5) is 21.7. The SMILES string of the molecule is CCC1=C(CC)c2nc1cc1[nH]c(cc3[nH]c(cc4[nH]c(c(CC)c4CC)c2=NC=CO)c(CC)c3CC)c(CC)c1CC. The van der Waals surface area contributed by atoms with Crippen LogP contribution < -0.4 is 5.36 Å². The lowest BCUT2D eigenvalue weighted by Crippen LogP contribution is -2.11. The van der Waals surface area contributed by atoms with Crippen molar-refractivity contribution in [2.24, 2.45) is 4.99 Å². The molecule has 6 heteroatoms. The second-order valence-corrected chi connectivity index (χ2v) is 11.5. The molecule has 4 aromatic heterocycles. The van der Waals surface area contributed by atoms with E-state index >= 15 is 0 Å². The molecule has 0 fully saturated rings. The number of H-pyrrole nitrogens is 3. The van der Waals surface area contributed by atoms with Crippen LogP contribution in [0.1, 0.15) is 113 Å². The number of aromatic nitrogens is 4. The number of nitrogens with one attached hydrogen (secondary N) is 3. The van der Waals surface area contributed by atoms with Crippen molar-refractivity contribution in [1.82, 2.24) is 19.9 Å². The zero-order valence-corrected chi connectivity index (χ0v) is 27.9. The minimum Gasteiger partial charge on any atom is -0.514 e. The molecule has 0 aromatic carbocycles. The van der Waals surface area contributed by atoms with Crippen LogP contribution in [0.15, 0.2) is 35.7 Å². The van der Waals surface area contributed by atoms with Crippen LogP contribution in [0.2, 0.25) is 0 Å². The average molecular weight is 592 g/mol. The molecule has 1 aliphatic heterocycles. The van der Waals surface area contributed by atoms with Crippen molar-refractivity contribution in [2.45, 2.75) is 107 Å². The first-order valence-electron chi connectivity index (χ1n) is 16.7. The van der Waals surface area contributed by atoms with Crippen molar-refractivity contribution in [3.8, 4) is 0 Å². The Morgan fingerprint density at radius 2 is 1.00 bits per heavy atom. The first-order chi connectivity index (χ1) is 21.4. The normalized spacial score (nSPS) is 13.3. The highest BCUT2D eigenvalue weighted by atomic mass is 16.2. The van der Waals surface area contributed by atoms with Gasteiger partial charge in [-0.05, 0) is 114 Å². The summed E-state index contributed by atoms with van der Waals surface area (Å²) in [5.74, 6) is 0. The molecule has 0 saturated carbocycles. The third kappa shape index (κ3) is 5.18. The van der Waals surface area contributed by atoms with Crippen LogP contribution in [0.4, 0.5) is 0 Å². The molecule has 5 rings (SSSR count). The topological polar surface area (TPSA) is 92.9 Å². The van der Waals surface area contributed by atoms with Crippen molar-refractivity contribution in [3.63, 3.8) is 0 Å². The van der Waals surface area contributed by atoms with Crippen LogP contribution in [0, 0.1) is 0 Å². The third-order valence-corrected chi connectivity index (χ3v) is 9.43. The molecule has 8 bridgehead atoms. The lowest BCUT2D eigenvalue weighted by molar-refractivity contribution is 0.472. The van der Waals surface area contributed by atoms with Gasteiger partial charge in [0.15, 0.2) is 0 Å². The fourth-order valence-electron chi connectivity index (χ4n) is 7.49. The Morgan fingerprint density at radius 1 is 0.568 bits per heavy atom. The predicted molar refractivity (Wildman–Crippen MR) is 187 cm³/mol. The van der Waals surface area contributed by atoms with Gasteiger partial charge in [0.1, 0.15) is 5.36 Å². The quantitative estimate of drug-likeness (QED) is 0.146. The number of hydrogen-bond acceptors (Lipinski definition) is 3. The van der Waals surface area contributed by atoms with E-state index in [1.54, 1.807) is 0 Å². The van der Waals surface area contributed by atoms with Gasteiger partial charge in [-0.3, -0.25) is 0 Å². The van der Waals surface area contributed by atoms with Gasteiger partial charge in [0, 0.05) is 27.6 Å². The molecule has 0 radical (unpaired) electrons. The zero-order valence-electron chi connectivity index (χ0n) is 27.9.